The van der Waals surface area contributed by atoms with Crippen molar-refractivity contribution in [1.29, 1.82) is 0 Å². The summed E-state index contributed by atoms with van der Waals surface area (Å²) in [5, 5.41) is 4.18. The van der Waals surface area contributed by atoms with Crippen molar-refractivity contribution in [1.82, 2.24) is 9.97 Å². The van der Waals surface area contributed by atoms with Gasteiger partial charge in [0.25, 0.3) is 0 Å². The van der Waals surface area contributed by atoms with E-state index in [1.54, 1.807) is 6.07 Å². The number of aromatic nitrogens is 2. The molecule has 1 fully saturated rings. The molecule has 192 valence electrons. The Bertz CT molecular complexity index is 1230. The lowest BCUT2D eigenvalue weighted by molar-refractivity contribution is -0.137. The molecular formula is C26H30F3N5OS. The molecule has 1 aliphatic rings. The highest BCUT2D eigenvalue weighted by molar-refractivity contribution is 7.98. The molecule has 0 atom stereocenters. The van der Waals surface area contributed by atoms with Crippen LogP contribution in [0.2, 0.25) is 0 Å². The number of aryl methyl sites for hydroxylation is 1. The minimum absolute atomic E-state index is 0.290. The van der Waals surface area contributed by atoms with Crippen LogP contribution < -0.4 is 15.1 Å². The number of benzene rings is 2. The first kappa shape index (κ1) is 26.1. The van der Waals surface area contributed by atoms with Crippen molar-refractivity contribution in [2.45, 2.75) is 30.3 Å². The van der Waals surface area contributed by atoms with Crippen LogP contribution in [0.3, 0.4) is 0 Å². The van der Waals surface area contributed by atoms with Gasteiger partial charge in [-0.1, -0.05) is 30.0 Å². The Labute approximate surface area is 213 Å². The van der Waals surface area contributed by atoms with E-state index in [-0.39, 0.29) is 0 Å². The summed E-state index contributed by atoms with van der Waals surface area (Å²) >= 11 is 1.50. The van der Waals surface area contributed by atoms with Gasteiger partial charge in [0.05, 0.1) is 18.8 Å². The van der Waals surface area contributed by atoms with Crippen molar-refractivity contribution in [2.75, 3.05) is 55.7 Å². The van der Waals surface area contributed by atoms with E-state index in [4.69, 9.17) is 4.74 Å². The lowest BCUT2D eigenvalue weighted by Gasteiger charge is -2.43. The summed E-state index contributed by atoms with van der Waals surface area (Å²) < 4.78 is 45.4. The lowest BCUT2D eigenvalue weighted by Crippen LogP contribution is -2.53. The van der Waals surface area contributed by atoms with Gasteiger partial charge in [-0.25, -0.2) is 9.97 Å². The smallest absolute Gasteiger partial charge is 0.376 e. The predicted octanol–water partition coefficient (Wildman–Crippen LogP) is 5.57. The first-order valence-electron chi connectivity index (χ1n) is 11.4. The topological polar surface area (TPSA) is 53.5 Å². The second-order valence-electron chi connectivity index (χ2n) is 9.24. The van der Waals surface area contributed by atoms with Crippen LogP contribution in [-0.4, -0.2) is 50.6 Å². The van der Waals surface area contributed by atoms with Crippen LogP contribution in [0.4, 0.5) is 30.4 Å². The fourth-order valence-electron chi connectivity index (χ4n) is 4.30. The van der Waals surface area contributed by atoms with Crippen molar-refractivity contribution in [2.24, 2.45) is 0 Å². The molecule has 36 heavy (non-hydrogen) atoms. The van der Waals surface area contributed by atoms with Crippen molar-refractivity contribution in [3.05, 3.63) is 70.9 Å². The third kappa shape index (κ3) is 5.39. The van der Waals surface area contributed by atoms with Gasteiger partial charge in [-0.2, -0.15) is 13.2 Å². The molecule has 0 amide bonds. The Morgan fingerprint density at radius 3 is 2.47 bits per heavy atom. The van der Waals surface area contributed by atoms with Crippen molar-refractivity contribution < 1.29 is 17.9 Å². The van der Waals surface area contributed by atoms with Gasteiger partial charge in [-0.3, -0.25) is 0 Å². The number of thioether (sulfide) groups is 1. The van der Waals surface area contributed by atoms with Crippen LogP contribution in [0.5, 0.6) is 0 Å². The average Bonchev–Trinajstić information content (AvgIpc) is 2.82. The number of anilines is 3. The number of alkyl halides is 3. The molecule has 1 aliphatic heterocycles. The zero-order chi connectivity index (χ0) is 26.1. The minimum Gasteiger partial charge on any atom is -0.376 e. The second kappa shape index (κ2) is 10.2. The molecule has 0 aliphatic carbocycles. The molecular weight excluding hydrogens is 487 g/mol. The van der Waals surface area contributed by atoms with Gasteiger partial charge < -0.3 is 19.9 Å². The van der Waals surface area contributed by atoms with Crippen molar-refractivity contribution >= 4 is 29.0 Å². The lowest BCUT2D eigenvalue weighted by atomic mass is 9.86. The van der Waals surface area contributed by atoms with E-state index in [9.17, 15) is 13.2 Å². The summed E-state index contributed by atoms with van der Waals surface area (Å²) in [4.78, 5) is 13.2. The maximum Gasteiger partial charge on any atom is 0.416 e. The maximum atomic E-state index is 13.3. The molecule has 1 N–H and O–H groups in total. The second-order valence-corrected chi connectivity index (χ2v) is 10.0. The van der Waals surface area contributed by atoms with E-state index in [0.717, 1.165) is 39.5 Å². The molecule has 0 spiro atoms. The third-order valence-corrected chi connectivity index (χ3v) is 6.84. The van der Waals surface area contributed by atoms with E-state index in [1.807, 2.05) is 63.6 Å². The van der Waals surface area contributed by atoms with Gasteiger partial charge in [0, 0.05) is 50.8 Å². The highest BCUT2D eigenvalue weighted by Gasteiger charge is 2.42. The van der Waals surface area contributed by atoms with E-state index < -0.39 is 17.3 Å². The van der Waals surface area contributed by atoms with Crippen LogP contribution >= 0.6 is 11.8 Å². The number of hydrogen-bond donors (Lipinski definition) is 1. The predicted molar refractivity (Wildman–Crippen MR) is 139 cm³/mol. The maximum absolute atomic E-state index is 13.3. The highest BCUT2D eigenvalue weighted by atomic mass is 32.2. The molecule has 2 heterocycles. The quantitative estimate of drug-likeness (QED) is 0.310. The molecule has 1 saturated heterocycles. The number of rotatable bonds is 8. The molecule has 1 aromatic heterocycles. The first-order valence-corrected chi connectivity index (χ1v) is 12.7. The zero-order valence-electron chi connectivity index (χ0n) is 21.0. The van der Waals surface area contributed by atoms with Gasteiger partial charge in [0.1, 0.15) is 11.4 Å². The van der Waals surface area contributed by atoms with E-state index in [0.29, 0.717) is 25.3 Å². The molecule has 2 aromatic carbocycles. The van der Waals surface area contributed by atoms with Crippen LogP contribution in [0, 0.1) is 6.92 Å². The summed E-state index contributed by atoms with van der Waals surface area (Å²) in [6.45, 7) is 3.20. The summed E-state index contributed by atoms with van der Waals surface area (Å²) in [6, 6.07) is 11.4. The Balaban J connectivity index is 1.60. The van der Waals surface area contributed by atoms with Crippen LogP contribution in [0.25, 0.3) is 0 Å². The Morgan fingerprint density at radius 1 is 1.11 bits per heavy atom. The van der Waals surface area contributed by atoms with E-state index in [2.05, 4.69) is 20.2 Å². The molecule has 3 aromatic rings. The molecule has 0 unspecified atom stereocenters. The largest absolute Gasteiger partial charge is 0.416 e. The fraction of sp³-hybridized carbons (Fsp3) is 0.385. The number of hydrogen-bond acceptors (Lipinski definition) is 7. The van der Waals surface area contributed by atoms with Crippen molar-refractivity contribution in [3.8, 4) is 0 Å². The molecule has 0 radical (unpaired) electrons. The molecule has 0 bridgehead atoms. The van der Waals surface area contributed by atoms with E-state index in [1.165, 1.54) is 23.9 Å². The zero-order valence-corrected chi connectivity index (χ0v) is 21.8. The third-order valence-electron chi connectivity index (χ3n) is 6.28. The highest BCUT2D eigenvalue weighted by Crippen LogP contribution is 2.38. The van der Waals surface area contributed by atoms with Gasteiger partial charge in [0.2, 0.25) is 0 Å². The summed E-state index contributed by atoms with van der Waals surface area (Å²) in [5.41, 5.74) is 3.05. The molecule has 0 saturated carbocycles. The SMILES string of the molecule is CSc1ncc(CN(C)c2cc(NC3(c4cccc(C(F)(F)F)c4)COC3)ccc2C)c(N(C)C)n1. The molecule has 6 nitrogen and oxygen atoms in total. The monoisotopic (exact) mass is 517 g/mol. The molecule has 4 rings (SSSR count). The standard InChI is InChI=1S/C26H30F3N5OS/c1-17-9-10-21(32-25(15-35-16-25)19-7-6-8-20(11-19)26(27,28)29)12-22(17)34(4)14-18-13-30-24(36-5)31-23(18)33(2)3/h6-13,32H,14-16H2,1-5H3. The normalized spacial score (nSPS) is 14.8. The minimum atomic E-state index is -4.40. The van der Waals surface area contributed by atoms with Gasteiger partial charge >= 0.3 is 6.18 Å². The van der Waals surface area contributed by atoms with Crippen LogP contribution in [-0.2, 0) is 23.0 Å². The number of ether oxygens (including phenoxy) is 1. The average molecular weight is 518 g/mol. The Hall–Kier alpha value is -2.98. The first-order chi connectivity index (χ1) is 17.0. The van der Waals surface area contributed by atoms with E-state index >= 15 is 0 Å². The molecule has 10 heteroatoms. The number of halogens is 3. The van der Waals surface area contributed by atoms with Crippen LogP contribution in [0.15, 0.2) is 53.8 Å². The summed E-state index contributed by atoms with van der Waals surface area (Å²) in [6.07, 6.45) is -0.594. The Kier molecular flexibility index (Phi) is 7.38. The van der Waals surface area contributed by atoms with Crippen molar-refractivity contribution in [3.63, 3.8) is 0 Å². The Morgan fingerprint density at radius 2 is 1.86 bits per heavy atom. The van der Waals surface area contributed by atoms with Gasteiger partial charge in [-0.15, -0.1) is 0 Å². The number of nitrogens with one attached hydrogen (secondary N) is 1. The van der Waals surface area contributed by atoms with Gasteiger partial charge in [0.15, 0.2) is 5.16 Å². The summed E-state index contributed by atoms with van der Waals surface area (Å²) in [7, 11) is 5.92. The van der Waals surface area contributed by atoms with Crippen LogP contribution in [0.1, 0.15) is 22.3 Å². The van der Waals surface area contributed by atoms with Gasteiger partial charge in [-0.05, 0) is 48.6 Å². The fourth-order valence-corrected chi connectivity index (χ4v) is 4.64. The number of nitrogens with zero attached hydrogens (tertiary/aromatic N) is 4. The summed E-state index contributed by atoms with van der Waals surface area (Å²) in [5.74, 6) is 0.864.